The van der Waals surface area contributed by atoms with Crippen molar-refractivity contribution in [1.82, 2.24) is 4.90 Å². The first-order valence-electron chi connectivity index (χ1n) is 8.99. The van der Waals surface area contributed by atoms with Crippen molar-refractivity contribution in [2.24, 2.45) is 0 Å². The molecule has 5 nitrogen and oxygen atoms in total. The standard InChI is InChI=1S/C21H24FNO4/c1-26-19-5-2-4-16(12-19)13-20(24)23-11-3-10-21(25,14-23)15-27-18-8-6-17(22)7-9-18/h2,4-9,12,25H,3,10-11,13-15H2,1H3. The molecule has 27 heavy (non-hydrogen) atoms. The summed E-state index contributed by atoms with van der Waals surface area (Å²) in [5.74, 6) is 0.823. The van der Waals surface area contributed by atoms with Gasteiger partial charge in [-0.25, -0.2) is 4.39 Å². The first-order chi connectivity index (χ1) is 13.0. The number of hydrogen-bond donors (Lipinski definition) is 1. The lowest BCUT2D eigenvalue weighted by molar-refractivity contribution is -0.139. The van der Waals surface area contributed by atoms with Crippen molar-refractivity contribution < 1.29 is 23.8 Å². The van der Waals surface area contributed by atoms with E-state index in [4.69, 9.17) is 9.47 Å². The fourth-order valence-corrected chi connectivity index (χ4v) is 3.26. The number of aliphatic hydroxyl groups is 1. The summed E-state index contributed by atoms with van der Waals surface area (Å²) in [5.41, 5.74) is -0.243. The Bertz CT molecular complexity index is 780. The monoisotopic (exact) mass is 373 g/mol. The molecule has 0 bridgehead atoms. The second kappa shape index (κ2) is 8.39. The average molecular weight is 373 g/mol. The third-order valence-corrected chi connectivity index (χ3v) is 4.72. The van der Waals surface area contributed by atoms with Gasteiger partial charge in [0.2, 0.25) is 5.91 Å². The minimum atomic E-state index is -1.11. The normalized spacial score (nSPS) is 19.6. The predicted molar refractivity (Wildman–Crippen MR) is 99.4 cm³/mol. The van der Waals surface area contributed by atoms with E-state index in [1.165, 1.54) is 24.3 Å². The van der Waals surface area contributed by atoms with Crippen LogP contribution < -0.4 is 9.47 Å². The van der Waals surface area contributed by atoms with Gasteiger partial charge < -0.3 is 19.5 Å². The lowest BCUT2D eigenvalue weighted by Gasteiger charge is -2.39. The Labute approximate surface area is 158 Å². The number of ether oxygens (including phenoxy) is 2. The van der Waals surface area contributed by atoms with Crippen LogP contribution in [0.3, 0.4) is 0 Å². The maximum absolute atomic E-state index is 13.0. The zero-order valence-electron chi connectivity index (χ0n) is 15.4. The number of amides is 1. The Balaban J connectivity index is 1.58. The highest BCUT2D eigenvalue weighted by Gasteiger charge is 2.36. The van der Waals surface area contributed by atoms with E-state index in [1.807, 2.05) is 24.3 Å². The number of halogens is 1. The van der Waals surface area contributed by atoms with Crippen LogP contribution in [0.4, 0.5) is 4.39 Å². The summed E-state index contributed by atoms with van der Waals surface area (Å²) in [5, 5.41) is 10.8. The minimum absolute atomic E-state index is 0.0387. The highest BCUT2D eigenvalue weighted by molar-refractivity contribution is 5.79. The molecule has 3 rings (SSSR count). The number of nitrogens with zero attached hydrogens (tertiary/aromatic N) is 1. The Kier molecular flexibility index (Phi) is 5.96. The Morgan fingerprint density at radius 3 is 2.74 bits per heavy atom. The summed E-state index contributed by atoms with van der Waals surface area (Å²) in [6.45, 7) is 0.889. The number of piperidine rings is 1. The molecule has 0 saturated carbocycles. The number of carbonyl (C=O) groups is 1. The van der Waals surface area contributed by atoms with E-state index in [9.17, 15) is 14.3 Å². The number of likely N-dealkylation sites (tertiary alicyclic amines) is 1. The Hall–Kier alpha value is -2.60. The average Bonchev–Trinajstić information content (AvgIpc) is 2.68. The predicted octanol–water partition coefficient (Wildman–Crippen LogP) is 2.81. The molecule has 2 aromatic carbocycles. The Morgan fingerprint density at radius 1 is 1.22 bits per heavy atom. The molecular weight excluding hydrogens is 349 g/mol. The molecule has 6 heteroatoms. The van der Waals surface area contributed by atoms with Crippen LogP contribution in [0, 0.1) is 5.82 Å². The number of benzene rings is 2. The molecule has 0 radical (unpaired) electrons. The first-order valence-corrected chi connectivity index (χ1v) is 8.99. The van der Waals surface area contributed by atoms with Gasteiger partial charge in [0, 0.05) is 6.54 Å². The molecule has 2 aromatic rings. The molecular formula is C21H24FNO4. The highest BCUT2D eigenvalue weighted by atomic mass is 19.1. The largest absolute Gasteiger partial charge is 0.497 e. The minimum Gasteiger partial charge on any atom is -0.497 e. The molecule has 0 aromatic heterocycles. The molecule has 1 aliphatic rings. The zero-order valence-corrected chi connectivity index (χ0v) is 15.4. The van der Waals surface area contributed by atoms with Crippen LogP contribution in [0.5, 0.6) is 11.5 Å². The molecule has 0 spiro atoms. The number of rotatable bonds is 6. The fourth-order valence-electron chi connectivity index (χ4n) is 3.26. The van der Waals surface area contributed by atoms with E-state index in [0.29, 0.717) is 30.9 Å². The second-order valence-corrected chi connectivity index (χ2v) is 6.91. The molecule has 1 aliphatic heterocycles. The summed E-state index contributed by atoms with van der Waals surface area (Å²) in [6.07, 6.45) is 1.51. The molecule has 0 aliphatic carbocycles. The van der Waals surface area contributed by atoms with Crippen LogP contribution in [0.1, 0.15) is 18.4 Å². The van der Waals surface area contributed by atoms with Crippen LogP contribution in [-0.2, 0) is 11.2 Å². The molecule has 1 N–H and O–H groups in total. The number of β-amino-alcohol motifs (C(OH)–C–C–N with tert-alkyl or cyclic N) is 1. The molecule has 144 valence electrons. The van der Waals surface area contributed by atoms with Gasteiger partial charge >= 0.3 is 0 Å². The van der Waals surface area contributed by atoms with Gasteiger partial charge in [0.05, 0.1) is 20.1 Å². The summed E-state index contributed by atoms with van der Waals surface area (Å²) in [6, 6.07) is 13.1. The van der Waals surface area contributed by atoms with Gasteiger partial charge in [0.15, 0.2) is 0 Å². The van der Waals surface area contributed by atoms with Gasteiger partial charge in [-0.1, -0.05) is 12.1 Å². The molecule has 1 atom stereocenters. The topological polar surface area (TPSA) is 59.0 Å². The van der Waals surface area contributed by atoms with E-state index < -0.39 is 5.60 Å². The number of hydrogen-bond acceptors (Lipinski definition) is 4. The fraction of sp³-hybridized carbons (Fsp3) is 0.381. The summed E-state index contributed by atoms with van der Waals surface area (Å²) >= 11 is 0. The van der Waals surface area contributed by atoms with Crippen molar-refractivity contribution in [2.75, 3.05) is 26.8 Å². The van der Waals surface area contributed by atoms with Gasteiger partial charge in [0.1, 0.15) is 29.5 Å². The van der Waals surface area contributed by atoms with Crippen molar-refractivity contribution in [3.05, 3.63) is 59.9 Å². The van der Waals surface area contributed by atoms with E-state index in [2.05, 4.69) is 0 Å². The van der Waals surface area contributed by atoms with Gasteiger partial charge in [-0.2, -0.15) is 0 Å². The van der Waals surface area contributed by atoms with E-state index >= 15 is 0 Å². The maximum Gasteiger partial charge on any atom is 0.227 e. The lowest BCUT2D eigenvalue weighted by atomic mass is 9.93. The molecule has 1 heterocycles. The molecule has 1 fully saturated rings. The van der Waals surface area contributed by atoms with Crippen molar-refractivity contribution in [3.8, 4) is 11.5 Å². The summed E-state index contributed by atoms with van der Waals surface area (Å²) < 4.78 is 23.8. The van der Waals surface area contributed by atoms with E-state index in [0.717, 1.165) is 5.56 Å². The van der Waals surface area contributed by atoms with Gasteiger partial charge in [-0.05, 0) is 54.8 Å². The van der Waals surface area contributed by atoms with Crippen molar-refractivity contribution in [1.29, 1.82) is 0 Å². The van der Waals surface area contributed by atoms with Crippen LogP contribution in [-0.4, -0.2) is 48.3 Å². The van der Waals surface area contributed by atoms with Gasteiger partial charge in [0.25, 0.3) is 0 Å². The SMILES string of the molecule is COc1cccc(CC(=O)N2CCCC(O)(COc3ccc(F)cc3)C2)c1. The third-order valence-electron chi connectivity index (χ3n) is 4.72. The van der Waals surface area contributed by atoms with Crippen molar-refractivity contribution in [2.45, 2.75) is 24.9 Å². The Morgan fingerprint density at radius 2 is 2.00 bits per heavy atom. The maximum atomic E-state index is 13.0. The lowest BCUT2D eigenvalue weighted by Crippen LogP contribution is -2.53. The van der Waals surface area contributed by atoms with Gasteiger partial charge in [-0.15, -0.1) is 0 Å². The van der Waals surface area contributed by atoms with E-state index in [-0.39, 0.29) is 31.3 Å². The second-order valence-electron chi connectivity index (χ2n) is 6.91. The van der Waals surface area contributed by atoms with Crippen LogP contribution in [0.15, 0.2) is 48.5 Å². The molecule has 1 saturated heterocycles. The number of carbonyl (C=O) groups excluding carboxylic acids is 1. The molecule has 1 unspecified atom stereocenters. The first kappa shape index (κ1) is 19.2. The van der Waals surface area contributed by atoms with Crippen molar-refractivity contribution >= 4 is 5.91 Å². The van der Waals surface area contributed by atoms with E-state index in [1.54, 1.807) is 12.0 Å². The summed E-state index contributed by atoms with van der Waals surface area (Å²) in [7, 11) is 1.59. The number of methoxy groups -OCH3 is 1. The molecule has 1 amide bonds. The van der Waals surface area contributed by atoms with Crippen LogP contribution >= 0.6 is 0 Å². The van der Waals surface area contributed by atoms with Crippen LogP contribution in [0.2, 0.25) is 0 Å². The third kappa shape index (κ3) is 5.20. The highest BCUT2D eigenvalue weighted by Crippen LogP contribution is 2.24. The van der Waals surface area contributed by atoms with Crippen molar-refractivity contribution in [3.63, 3.8) is 0 Å². The zero-order chi connectivity index (χ0) is 19.3. The summed E-state index contributed by atoms with van der Waals surface area (Å²) in [4.78, 5) is 14.3. The smallest absolute Gasteiger partial charge is 0.227 e. The van der Waals surface area contributed by atoms with Crippen LogP contribution in [0.25, 0.3) is 0 Å². The van der Waals surface area contributed by atoms with Gasteiger partial charge in [-0.3, -0.25) is 4.79 Å². The quantitative estimate of drug-likeness (QED) is 0.846.